The molecule has 1 aliphatic heterocycles. The van der Waals surface area contributed by atoms with Crippen molar-refractivity contribution in [1.82, 2.24) is 0 Å². The van der Waals surface area contributed by atoms with Gasteiger partial charge >= 0.3 is 0 Å². The van der Waals surface area contributed by atoms with Gasteiger partial charge in [-0.05, 0) is 55.2 Å². The third kappa shape index (κ3) is 4.31. The molecule has 1 heterocycles. The first-order valence-electron chi connectivity index (χ1n) is 9.33. The van der Waals surface area contributed by atoms with Gasteiger partial charge in [-0.25, -0.2) is 0 Å². The topological polar surface area (TPSA) is 49.4 Å². The predicted octanol–water partition coefficient (Wildman–Crippen LogP) is 4.33. The Hall–Kier alpha value is -2.62. The Morgan fingerprint density at radius 3 is 2.65 bits per heavy atom. The lowest BCUT2D eigenvalue weighted by molar-refractivity contribution is -0.122. The first-order chi connectivity index (χ1) is 12.6. The van der Waals surface area contributed by atoms with Crippen LogP contribution >= 0.6 is 0 Å². The monoisotopic (exact) mass is 350 g/mol. The minimum atomic E-state index is -0.317. The van der Waals surface area contributed by atoms with Crippen LogP contribution in [0.25, 0.3) is 0 Å². The molecule has 3 rings (SSSR count). The van der Waals surface area contributed by atoms with Crippen LogP contribution in [0.3, 0.4) is 0 Å². The maximum absolute atomic E-state index is 12.6. The number of carbonyl (C=O) groups is 2. The number of hydrogen-bond donors (Lipinski definition) is 1. The average Bonchev–Trinajstić information content (AvgIpc) is 3.03. The van der Waals surface area contributed by atoms with Gasteiger partial charge in [0.25, 0.3) is 0 Å². The summed E-state index contributed by atoms with van der Waals surface area (Å²) in [6.45, 7) is 4.61. The number of aryl methyl sites for hydroxylation is 2. The van der Waals surface area contributed by atoms with Gasteiger partial charge in [0, 0.05) is 24.3 Å². The van der Waals surface area contributed by atoms with Crippen LogP contribution in [0.5, 0.6) is 0 Å². The van der Waals surface area contributed by atoms with Crippen molar-refractivity contribution in [2.24, 2.45) is 5.92 Å². The largest absolute Gasteiger partial charge is 0.326 e. The Labute approximate surface area is 155 Å². The molecule has 26 heavy (non-hydrogen) atoms. The number of nitrogens with one attached hydrogen (secondary N) is 1. The number of hydrogen-bond acceptors (Lipinski definition) is 2. The lowest BCUT2D eigenvalue weighted by atomic mass is 10.1. The summed E-state index contributed by atoms with van der Waals surface area (Å²) in [5.41, 5.74) is 4.04. The molecule has 0 bridgehead atoms. The molecule has 1 saturated heterocycles. The third-order valence-electron chi connectivity index (χ3n) is 4.85. The standard InChI is InChI=1S/C22H26N2O2/c1-3-4-7-17-9-11-19(12-10-17)23-22(26)18-14-21(25)24(15-18)20-8-5-6-16(2)13-20/h5-6,8-13,18H,3-4,7,14-15H2,1-2H3,(H,23,26)/t18-/m0/s1. The SMILES string of the molecule is CCCCc1ccc(NC(=O)[C@H]2CC(=O)N(c3cccc(C)c3)C2)cc1. The van der Waals surface area contributed by atoms with Crippen molar-refractivity contribution in [2.45, 2.75) is 39.5 Å². The smallest absolute Gasteiger partial charge is 0.229 e. The van der Waals surface area contributed by atoms with Gasteiger partial charge in [-0.15, -0.1) is 0 Å². The molecule has 0 aliphatic carbocycles. The summed E-state index contributed by atoms with van der Waals surface area (Å²) >= 11 is 0. The summed E-state index contributed by atoms with van der Waals surface area (Å²) in [6.07, 6.45) is 3.66. The fourth-order valence-corrected chi connectivity index (χ4v) is 3.31. The van der Waals surface area contributed by atoms with E-state index < -0.39 is 0 Å². The van der Waals surface area contributed by atoms with E-state index in [2.05, 4.69) is 24.4 Å². The maximum Gasteiger partial charge on any atom is 0.229 e. The molecule has 0 saturated carbocycles. The lowest BCUT2D eigenvalue weighted by Gasteiger charge is -2.17. The normalized spacial score (nSPS) is 16.8. The first kappa shape index (κ1) is 18.2. The molecule has 1 atom stereocenters. The van der Waals surface area contributed by atoms with E-state index in [1.54, 1.807) is 4.90 Å². The molecular formula is C22H26N2O2. The molecule has 4 heteroatoms. The molecule has 4 nitrogen and oxygen atoms in total. The zero-order chi connectivity index (χ0) is 18.5. The number of nitrogens with zero attached hydrogens (tertiary/aromatic N) is 1. The zero-order valence-electron chi connectivity index (χ0n) is 15.5. The Morgan fingerprint density at radius 1 is 1.19 bits per heavy atom. The van der Waals surface area contributed by atoms with Crippen LogP contribution in [0.15, 0.2) is 48.5 Å². The quantitative estimate of drug-likeness (QED) is 0.843. The highest BCUT2D eigenvalue weighted by Gasteiger charge is 2.35. The Kier molecular flexibility index (Phi) is 5.71. The van der Waals surface area contributed by atoms with Gasteiger partial charge in [0.05, 0.1) is 5.92 Å². The Bertz CT molecular complexity index is 783. The van der Waals surface area contributed by atoms with Crippen LogP contribution in [0.1, 0.15) is 37.3 Å². The van der Waals surface area contributed by atoms with E-state index in [-0.39, 0.29) is 24.2 Å². The van der Waals surface area contributed by atoms with Gasteiger partial charge < -0.3 is 10.2 Å². The number of unbranched alkanes of at least 4 members (excludes halogenated alkanes) is 1. The molecule has 2 aromatic carbocycles. The van der Waals surface area contributed by atoms with Crippen LogP contribution in [0, 0.1) is 12.8 Å². The van der Waals surface area contributed by atoms with Gasteiger partial charge in [0.15, 0.2) is 0 Å². The van der Waals surface area contributed by atoms with Gasteiger partial charge in [-0.1, -0.05) is 37.6 Å². The summed E-state index contributed by atoms with van der Waals surface area (Å²) < 4.78 is 0. The highest BCUT2D eigenvalue weighted by Crippen LogP contribution is 2.26. The fraction of sp³-hybridized carbons (Fsp3) is 0.364. The van der Waals surface area contributed by atoms with Gasteiger partial charge in [-0.2, -0.15) is 0 Å². The van der Waals surface area contributed by atoms with E-state index in [0.29, 0.717) is 6.54 Å². The van der Waals surface area contributed by atoms with E-state index >= 15 is 0 Å². The lowest BCUT2D eigenvalue weighted by Crippen LogP contribution is -2.28. The second-order valence-electron chi connectivity index (χ2n) is 7.03. The van der Waals surface area contributed by atoms with Crippen molar-refractivity contribution in [3.05, 3.63) is 59.7 Å². The van der Waals surface area contributed by atoms with Crippen molar-refractivity contribution in [1.29, 1.82) is 0 Å². The molecule has 0 unspecified atom stereocenters. The average molecular weight is 350 g/mol. The van der Waals surface area contributed by atoms with E-state index in [1.165, 1.54) is 18.4 Å². The van der Waals surface area contributed by atoms with Crippen LogP contribution in [-0.2, 0) is 16.0 Å². The molecule has 0 radical (unpaired) electrons. The number of rotatable bonds is 6. The number of amides is 2. The second kappa shape index (κ2) is 8.17. The highest BCUT2D eigenvalue weighted by atomic mass is 16.2. The summed E-state index contributed by atoms with van der Waals surface area (Å²) in [7, 11) is 0. The first-order valence-corrected chi connectivity index (χ1v) is 9.33. The molecule has 1 fully saturated rings. The Balaban J connectivity index is 1.61. The van der Waals surface area contributed by atoms with E-state index in [1.807, 2.05) is 43.3 Å². The van der Waals surface area contributed by atoms with Crippen LogP contribution < -0.4 is 10.2 Å². The summed E-state index contributed by atoms with van der Waals surface area (Å²) in [5.74, 6) is -0.400. The summed E-state index contributed by atoms with van der Waals surface area (Å²) in [5, 5.41) is 2.95. The fourth-order valence-electron chi connectivity index (χ4n) is 3.31. The number of carbonyl (C=O) groups excluding carboxylic acids is 2. The van der Waals surface area contributed by atoms with Crippen LogP contribution in [0.4, 0.5) is 11.4 Å². The molecule has 1 N–H and O–H groups in total. The van der Waals surface area contributed by atoms with Gasteiger partial charge in [0.1, 0.15) is 0 Å². The van der Waals surface area contributed by atoms with Gasteiger partial charge in [0.2, 0.25) is 11.8 Å². The van der Waals surface area contributed by atoms with E-state index in [0.717, 1.165) is 23.4 Å². The van der Waals surface area contributed by atoms with Crippen LogP contribution in [-0.4, -0.2) is 18.4 Å². The molecule has 2 aromatic rings. The zero-order valence-corrected chi connectivity index (χ0v) is 15.5. The summed E-state index contributed by atoms with van der Waals surface area (Å²) in [6, 6.07) is 15.8. The Morgan fingerprint density at radius 2 is 1.96 bits per heavy atom. The van der Waals surface area contributed by atoms with Crippen molar-refractivity contribution in [3.63, 3.8) is 0 Å². The second-order valence-corrected chi connectivity index (χ2v) is 7.03. The maximum atomic E-state index is 12.6. The predicted molar refractivity (Wildman–Crippen MR) is 105 cm³/mol. The number of benzene rings is 2. The van der Waals surface area contributed by atoms with E-state index in [4.69, 9.17) is 0 Å². The molecule has 0 aromatic heterocycles. The van der Waals surface area contributed by atoms with Crippen molar-refractivity contribution in [3.8, 4) is 0 Å². The highest BCUT2D eigenvalue weighted by molar-refractivity contribution is 6.03. The number of anilines is 2. The van der Waals surface area contributed by atoms with Crippen molar-refractivity contribution in [2.75, 3.05) is 16.8 Å². The minimum absolute atomic E-state index is 0.00524. The molecule has 2 amide bonds. The molecule has 136 valence electrons. The van der Waals surface area contributed by atoms with Crippen molar-refractivity contribution < 1.29 is 9.59 Å². The van der Waals surface area contributed by atoms with Gasteiger partial charge in [-0.3, -0.25) is 9.59 Å². The third-order valence-corrected chi connectivity index (χ3v) is 4.85. The molecular weight excluding hydrogens is 324 g/mol. The summed E-state index contributed by atoms with van der Waals surface area (Å²) in [4.78, 5) is 26.6. The van der Waals surface area contributed by atoms with E-state index in [9.17, 15) is 9.59 Å². The molecule has 0 spiro atoms. The molecule has 1 aliphatic rings. The van der Waals surface area contributed by atoms with Crippen LogP contribution in [0.2, 0.25) is 0 Å². The minimum Gasteiger partial charge on any atom is -0.326 e. The van der Waals surface area contributed by atoms with Crippen molar-refractivity contribution >= 4 is 23.2 Å².